The van der Waals surface area contributed by atoms with Gasteiger partial charge in [0.2, 0.25) is 0 Å². The van der Waals surface area contributed by atoms with E-state index in [1.54, 1.807) is 0 Å². The summed E-state index contributed by atoms with van der Waals surface area (Å²) in [6.07, 6.45) is -0.0313. The molecule has 1 aliphatic rings. The Hall–Kier alpha value is -1.08. The fourth-order valence-corrected chi connectivity index (χ4v) is 2.65. The van der Waals surface area contributed by atoms with Gasteiger partial charge in [-0.05, 0) is 32.4 Å². The Kier molecular flexibility index (Phi) is 5.64. The number of hydrogen-bond acceptors (Lipinski definition) is 4. The van der Waals surface area contributed by atoms with Crippen molar-refractivity contribution >= 4 is 0 Å². The summed E-state index contributed by atoms with van der Waals surface area (Å²) in [6, 6.07) is 3.94. The molecule has 21 heavy (non-hydrogen) atoms. The van der Waals surface area contributed by atoms with Crippen LogP contribution in [0.15, 0.2) is 18.2 Å². The van der Waals surface area contributed by atoms with Crippen molar-refractivity contribution in [3.8, 4) is 0 Å². The molecule has 0 aliphatic carbocycles. The van der Waals surface area contributed by atoms with Crippen molar-refractivity contribution in [3.05, 3.63) is 35.4 Å². The average Bonchev–Trinajstić information content (AvgIpc) is 2.47. The highest BCUT2D eigenvalue weighted by Crippen LogP contribution is 2.18. The van der Waals surface area contributed by atoms with Crippen molar-refractivity contribution in [2.75, 3.05) is 19.7 Å². The number of halogens is 2. The first kappa shape index (κ1) is 16.3. The van der Waals surface area contributed by atoms with Gasteiger partial charge in [-0.25, -0.2) is 8.78 Å². The lowest BCUT2D eigenvalue weighted by Crippen LogP contribution is -2.56. The second-order valence-corrected chi connectivity index (χ2v) is 5.68. The van der Waals surface area contributed by atoms with Crippen LogP contribution in [0, 0.1) is 11.6 Å². The van der Waals surface area contributed by atoms with E-state index in [9.17, 15) is 8.78 Å². The molecule has 1 fully saturated rings. The van der Waals surface area contributed by atoms with E-state index in [4.69, 9.17) is 10.6 Å². The summed E-state index contributed by atoms with van der Waals surface area (Å²) < 4.78 is 33.3. The van der Waals surface area contributed by atoms with Gasteiger partial charge in [-0.2, -0.15) is 0 Å². The minimum atomic E-state index is -0.549. The molecular weight excluding hydrogens is 276 g/mol. The van der Waals surface area contributed by atoms with Crippen LogP contribution >= 0.6 is 0 Å². The second-order valence-electron chi connectivity index (χ2n) is 5.68. The van der Waals surface area contributed by atoms with Crippen molar-refractivity contribution in [2.45, 2.75) is 38.5 Å². The molecule has 0 radical (unpaired) electrons. The van der Waals surface area contributed by atoms with Crippen LogP contribution in [0.2, 0.25) is 0 Å². The molecule has 1 aromatic rings. The number of benzene rings is 1. The van der Waals surface area contributed by atoms with Crippen LogP contribution in [-0.2, 0) is 11.2 Å². The van der Waals surface area contributed by atoms with Gasteiger partial charge in [-0.3, -0.25) is 16.2 Å². The molecule has 1 heterocycles. The highest BCUT2D eigenvalue weighted by molar-refractivity contribution is 5.21. The fraction of sp³-hybridized carbons (Fsp3) is 0.600. The van der Waals surface area contributed by atoms with Crippen LogP contribution in [0.4, 0.5) is 8.78 Å². The van der Waals surface area contributed by atoms with E-state index < -0.39 is 11.6 Å². The normalized spacial score (nSPS) is 21.7. The van der Waals surface area contributed by atoms with E-state index in [0.717, 1.165) is 6.54 Å². The van der Waals surface area contributed by atoms with Gasteiger partial charge in [0.05, 0.1) is 18.8 Å². The number of nitrogens with one attached hydrogen (secondary N) is 1. The molecule has 0 aromatic heterocycles. The van der Waals surface area contributed by atoms with E-state index >= 15 is 0 Å². The van der Waals surface area contributed by atoms with Gasteiger partial charge in [-0.1, -0.05) is 6.07 Å². The molecule has 1 aromatic carbocycles. The van der Waals surface area contributed by atoms with Crippen LogP contribution in [0.1, 0.15) is 19.4 Å². The Bertz CT molecular complexity index is 450. The molecule has 1 aliphatic heterocycles. The minimum Gasteiger partial charge on any atom is -0.374 e. The molecule has 118 valence electrons. The molecule has 2 unspecified atom stereocenters. The minimum absolute atomic E-state index is 0.0470. The summed E-state index contributed by atoms with van der Waals surface area (Å²) in [4.78, 5) is 2.27. The van der Waals surface area contributed by atoms with Crippen molar-refractivity contribution in [1.82, 2.24) is 10.3 Å². The van der Waals surface area contributed by atoms with Gasteiger partial charge in [0.1, 0.15) is 11.6 Å². The summed E-state index contributed by atoms with van der Waals surface area (Å²) in [7, 11) is 0. The molecule has 0 amide bonds. The number of nitrogens with two attached hydrogens (primary N) is 1. The number of rotatable bonds is 5. The van der Waals surface area contributed by atoms with Crippen molar-refractivity contribution in [1.29, 1.82) is 0 Å². The van der Waals surface area contributed by atoms with E-state index in [2.05, 4.69) is 24.2 Å². The van der Waals surface area contributed by atoms with Crippen molar-refractivity contribution in [3.63, 3.8) is 0 Å². The lowest BCUT2D eigenvalue weighted by Gasteiger charge is -2.38. The zero-order valence-corrected chi connectivity index (χ0v) is 12.5. The standard InChI is InChI=1S/C15H23F2N3O/c1-10(2)20-6-7-21-15(9-20)14(19-18)8-11-12(16)4-3-5-13(11)17/h3-5,10,14-15,19H,6-9,18H2,1-2H3. The number of morpholine rings is 1. The van der Waals surface area contributed by atoms with Gasteiger partial charge in [0.25, 0.3) is 0 Å². The molecule has 2 atom stereocenters. The SMILES string of the molecule is CC(C)N1CCOC(C(Cc2c(F)cccc2F)NN)C1. The lowest BCUT2D eigenvalue weighted by molar-refractivity contribution is -0.0554. The molecular formula is C15H23F2N3O. The van der Waals surface area contributed by atoms with Crippen molar-refractivity contribution in [2.24, 2.45) is 5.84 Å². The van der Waals surface area contributed by atoms with Crippen LogP contribution < -0.4 is 11.3 Å². The lowest BCUT2D eigenvalue weighted by atomic mass is 9.99. The van der Waals surface area contributed by atoms with Gasteiger partial charge in [0, 0.05) is 24.7 Å². The van der Waals surface area contributed by atoms with E-state index in [-0.39, 0.29) is 24.1 Å². The summed E-state index contributed by atoms with van der Waals surface area (Å²) >= 11 is 0. The van der Waals surface area contributed by atoms with Crippen LogP contribution in [0.25, 0.3) is 0 Å². The first-order valence-corrected chi connectivity index (χ1v) is 7.27. The fourth-order valence-electron chi connectivity index (χ4n) is 2.65. The third-order valence-electron chi connectivity index (χ3n) is 4.00. The molecule has 4 nitrogen and oxygen atoms in total. The molecule has 2 rings (SSSR count). The topological polar surface area (TPSA) is 50.5 Å². The highest BCUT2D eigenvalue weighted by Gasteiger charge is 2.30. The first-order valence-electron chi connectivity index (χ1n) is 7.27. The zero-order valence-electron chi connectivity index (χ0n) is 12.5. The molecule has 6 heteroatoms. The number of nitrogens with zero attached hydrogens (tertiary/aromatic N) is 1. The quantitative estimate of drug-likeness (QED) is 0.638. The summed E-state index contributed by atoms with van der Waals surface area (Å²) in [5.41, 5.74) is 2.70. The maximum Gasteiger partial charge on any atom is 0.129 e. The monoisotopic (exact) mass is 299 g/mol. The van der Waals surface area contributed by atoms with Crippen LogP contribution in [-0.4, -0.2) is 42.8 Å². The third kappa shape index (κ3) is 3.97. The Morgan fingerprint density at radius 3 is 2.62 bits per heavy atom. The Morgan fingerprint density at radius 2 is 2.05 bits per heavy atom. The van der Waals surface area contributed by atoms with E-state index in [1.165, 1.54) is 18.2 Å². The van der Waals surface area contributed by atoms with E-state index in [0.29, 0.717) is 19.2 Å². The summed E-state index contributed by atoms with van der Waals surface area (Å²) in [5.74, 6) is 4.48. The highest BCUT2D eigenvalue weighted by atomic mass is 19.1. The van der Waals surface area contributed by atoms with Gasteiger partial charge < -0.3 is 4.74 Å². The molecule has 0 bridgehead atoms. The Labute approximate surface area is 124 Å². The van der Waals surface area contributed by atoms with Gasteiger partial charge >= 0.3 is 0 Å². The predicted octanol–water partition coefficient (Wildman–Crippen LogP) is 1.45. The average molecular weight is 299 g/mol. The van der Waals surface area contributed by atoms with Crippen LogP contribution in [0.3, 0.4) is 0 Å². The Morgan fingerprint density at radius 1 is 1.38 bits per heavy atom. The summed E-state index contributed by atoms with van der Waals surface area (Å²) in [6.45, 7) is 6.39. The number of hydrogen-bond donors (Lipinski definition) is 2. The van der Waals surface area contributed by atoms with E-state index in [1.807, 2.05) is 0 Å². The predicted molar refractivity (Wildman–Crippen MR) is 77.6 cm³/mol. The van der Waals surface area contributed by atoms with Gasteiger partial charge in [0.15, 0.2) is 0 Å². The largest absolute Gasteiger partial charge is 0.374 e. The van der Waals surface area contributed by atoms with Crippen molar-refractivity contribution < 1.29 is 13.5 Å². The van der Waals surface area contributed by atoms with Gasteiger partial charge in [-0.15, -0.1) is 0 Å². The Balaban J connectivity index is 2.09. The number of hydrazine groups is 1. The first-order chi connectivity index (χ1) is 10.0. The molecule has 1 saturated heterocycles. The maximum atomic E-state index is 13.8. The van der Waals surface area contributed by atoms with Crippen LogP contribution in [0.5, 0.6) is 0 Å². The summed E-state index contributed by atoms with van der Waals surface area (Å²) in [5, 5.41) is 0. The smallest absolute Gasteiger partial charge is 0.129 e. The second kappa shape index (κ2) is 7.26. The molecule has 3 N–H and O–H groups in total. The molecule has 0 spiro atoms. The third-order valence-corrected chi connectivity index (χ3v) is 4.00. The maximum absolute atomic E-state index is 13.8. The number of ether oxygens (including phenoxy) is 1. The molecule has 0 saturated carbocycles. The zero-order chi connectivity index (χ0) is 15.4.